The molecule has 4 fully saturated rings. The van der Waals surface area contributed by atoms with Gasteiger partial charge in [0.05, 0.1) is 5.56 Å². The molecule has 0 amide bonds. The van der Waals surface area contributed by atoms with Crippen molar-refractivity contribution in [1.29, 1.82) is 0 Å². The third kappa shape index (κ3) is 1.72. The minimum Gasteiger partial charge on any atom is -0.383 e. The lowest BCUT2D eigenvalue weighted by atomic mass is 9.48. The molecule has 0 aliphatic heterocycles. The van der Waals surface area contributed by atoms with Gasteiger partial charge in [-0.2, -0.15) is 0 Å². The number of carbonyl (C=O) groups is 1. The lowest BCUT2D eigenvalue weighted by Crippen LogP contribution is -2.50. The summed E-state index contributed by atoms with van der Waals surface area (Å²) < 4.78 is 0. The Labute approximate surface area is 120 Å². The molecule has 0 unspecified atom stereocenters. The van der Waals surface area contributed by atoms with E-state index in [1.54, 1.807) is 6.20 Å². The third-order valence-electron chi connectivity index (χ3n) is 5.82. The number of rotatable bonds is 2. The standard InChI is InChI=1S/C17H22N2O/c1-10-2-14(16(18)19-9-10)15(20)17-6-11-3-12(7-17)5-13(4-11)8-17/h2,9,11-13H,3-8H2,1H3,(H2,18,19). The van der Waals surface area contributed by atoms with Gasteiger partial charge in [-0.05, 0) is 74.8 Å². The van der Waals surface area contributed by atoms with Crippen LogP contribution in [0.1, 0.15) is 54.4 Å². The fourth-order valence-corrected chi connectivity index (χ4v) is 5.44. The number of carbonyl (C=O) groups excluding carboxylic acids is 1. The number of aryl methyl sites for hydroxylation is 1. The summed E-state index contributed by atoms with van der Waals surface area (Å²) >= 11 is 0. The monoisotopic (exact) mass is 270 g/mol. The van der Waals surface area contributed by atoms with Gasteiger partial charge in [0.15, 0.2) is 5.78 Å². The van der Waals surface area contributed by atoms with Gasteiger partial charge in [0.25, 0.3) is 0 Å². The van der Waals surface area contributed by atoms with Crippen LogP contribution in [0.3, 0.4) is 0 Å². The third-order valence-corrected chi connectivity index (χ3v) is 5.82. The number of aromatic nitrogens is 1. The maximum absolute atomic E-state index is 13.2. The maximum atomic E-state index is 13.2. The molecule has 4 aliphatic carbocycles. The minimum absolute atomic E-state index is 0.113. The Morgan fingerprint density at radius 3 is 2.30 bits per heavy atom. The van der Waals surface area contributed by atoms with Crippen LogP contribution >= 0.6 is 0 Å². The normalized spacial score (nSPS) is 38.1. The van der Waals surface area contributed by atoms with E-state index >= 15 is 0 Å². The second-order valence-corrected chi connectivity index (χ2v) is 7.47. The number of hydrogen-bond donors (Lipinski definition) is 1. The Bertz CT molecular complexity index is 543. The van der Waals surface area contributed by atoms with E-state index in [1.807, 2.05) is 13.0 Å². The van der Waals surface area contributed by atoms with Crippen molar-refractivity contribution >= 4 is 11.6 Å². The molecule has 0 atom stereocenters. The molecule has 0 saturated heterocycles. The summed E-state index contributed by atoms with van der Waals surface area (Å²) in [5.41, 5.74) is 7.56. The molecule has 20 heavy (non-hydrogen) atoms. The molecule has 2 N–H and O–H groups in total. The van der Waals surface area contributed by atoms with Crippen molar-refractivity contribution in [1.82, 2.24) is 4.98 Å². The number of nitrogens with two attached hydrogens (primary N) is 1. The highest BCUT2D eigenvalue weighted by atomic mass is 16.1. The average molecular weight is 270 g/mol. The first-order chi connectivity index (χ1) is 9.56. The van der Waals surface area contributed by atoms with E-state index in [4.69, 9.17) is 5.73 Å². The fourth-order valence-electron chi connectivity index (χ4n) is 5.44. The van der Waals surface area contributed by atoms with Gasteiger partial charge in [-0.1, -0.05) is 0 Å². The SMILES string of the molecule is Cc1cnc(N)c(C(=O)C23CC4CC(CC(C4)C2)C3)c1. The maximum Gasteiger partial charge on any atom is 0.172 e. The van der Waals surface area contributed by atoms with Gasteiger partial charge in [0, 0.05) is 11.6 Å². The summed E-state index contributed by atoms with van der Waals surface area (Å²) in [4.78, 5) is 17.3. The highest BCUT2D eigenvalue weighted by Crippen LogP contribution is 2.61. The van der Waals surface area contributed by atoms with E-state index in [0.717, 1.165) is 42.6 Å². The molecule has 1 aromatic rings. The lowest BCUT2D eigenvalue weighted by molar-refractivity contribution is -0.0352. The molecule has 5 rings (SSSR count). The van der Waals surface area contributed by atoms with Crippen molar-refractivity contribution in [2.45, 2.75) is 45.4 Å². The van der Waals surface area contributed by atoms with Crippen LogP contribution in [0.15, 0.2) is 12.3 Å². The highest BCUT2D eigenvalue weighted by Gasteiger charge is 2.54. The molecule has 4 saturated carbocycles. The number of Topliss-reactive ketones (excluding diaryl/α,β-unsaturated/α-hetero) is 1. The van der Waals surface area contributed by atoms with Gasteiger partial charge < -0.3 is 5.73 Å². The lowest BCUT2D eigenvalue weighted by Gasteiger charge is -2.56. The molecule has 1 heterocycles. The minimum atomic E-state index is -0.113. The van der Waals surface area contributed by atoms with E-state index in [2.05, 4.69) is 4.98 Å². The van der Waals surface area contributed by atoms with Gasteiger partial charge in [0.1, 0.15) is 5.82 Å². The molecule has 3 heteroatoms. The zero-order chi connectivity index (χ0) is 13.9. The van der Waals surface area contributed by atoms with Crippen LogP contribution in [0.25, 0.3) is 0 Å². The second-order valence-electron chi connectivity index (χ2n) is 7.47. The predicted molar refractivity (Wildman–Crippen MR) is 78.3 cm³/mol. The Morgan fingerprint density at radius 1 is 1.20 bits per heavy atom. The molecule has 4 aliphatic rings. The Morgan fingerprint density at radius 2 is 1.75 bits per heavy atom. The van der Waals surface area contributed by atoms with E-state index in [0.29, 0.717) is 11.4 Å². The fraction of sp³-hybridized carbons (Fsp3) is 0.647. The molecule has 0 radical (unpaired) electrons. The van der Waals surface area contributed by atoms with Crippen LogP contribution in [-0.4, -0.2) is 10.8 Å². The number of anilines is 1. The molecule has 0 aromatic carbocycles. The van der Waals surface area contributed by atoms with Crippen molar-refractivity contribution < 1.29 is 4.79 Å². The molecule has 3 nitrogen and oxygen atoms in total. The van der Waals surface area contributed by atoms with Gasteiger partial charge in [-0.25, -0.2) is 4.98 Å². The zero-order valence-electron chi connectivity index (χ0n) is 12.1. The molecule has 1 aromatic heterocycles. The molecular formula is C17H22N2O. The Balaban J connectivity index is 1.73. The quantitative estimate of drug-likeness (QED) is 0.838. The van der Waals surface area contributed by atoms with Crippen molar-refractivity contribution in [2.75, 3.05) is 5.73 Å². The van der Waals surface area contributed by atoms with Crippen molar-refractivity contribution in [3.05, 3.63) is 23.4 Å². The van der Waals surface area contributed by atoms with Crippen LogP contribution < -0.4 is 5.73 Å². The first kappa shape index (κ1) is 12.4. The van der Waals surface area contributed by atoms with Crippen LogP contribution in [0.5, 0.6) is 0 Å². The largest absolute Gasteiger partial charge is 0.383 e. The van der Waals surface area contributed by atoms with E-state index in [1.165, 1.54) is 19.3 Å². The van der Waals surface area contributed by atoms with Crippen LogP contribution in [0.4, 0.5) is 5.82 Å². The highest BCUT2D eigenvalue weighted by molar-refractivity contribution is 6.04. The van der Waals surface area contributed by atoms with Crippen molar-refractivity contribution in [2.24, 2.45) is 23.2 Å². The smallest absolute Gasteiger partial charge is 0.172 e. The number of ketones is 1. The van der Waals surface area contributed by atoms with Crippen molar-refractivity contribution in [3.8, 4) is 0 Å². The van der Waals surface area contributed by atoms with E-state index in [9.17, 15) is 4.79 Å². The summed E-state index contributed by atoms with van der Waals surface area (Å²) in [6.07, 6.45) is 9.07. The summed E-state index contributed by atoms with van der Waals surface area (Å²) in [6.45, 7) is 1.98. The number of hydrogen-bond acceptors (Lipinski definition) is 3. The first-order valence-electron chi connectivity index (χ1n) is 7.83. The van der Waals surface area contributed by atoms with Gasteiger partial charge >= 0.3 is 0 Å². The number of nitrogen functional groups attached to an aromatic ring is 1. The van der Waals surface area contributed by atoms with Crippen LogP contribution in [0.2, 0.25) is 0 Å². The van der Waals surface area contributed by atoms with E-state index in [-0.39, 0.29) is 11.2 Å². The van der Waals surface area contributed by atoms with Gasteiger partial charge in [-0.15, -0.1) is 0 Å². The summed E-state index contributed by atoms with van der Waals surface area (Å²) in [5, 5.41) is 0. The molecule has 106 valence electrons. The van der Waals surface area contributed by atoms with Crippen LogP contribution in [0, 0.1) is 30.1 Å². The molecular weight excluding hydrogens is 248 g/mol. The van der Waals surface area contributed by atoms with Crippen molar-refractivity contribution in [3.63, 3.8) is 0 Å². The number of nitrogens with zero attached hydrogens (tertiary/aromatic N) is 1. The molecule has 4 bridgehead atoms. The van der Waals surface area contributed by atoms with Gasteiger partial charge in [-0.3, -0.25) is 4.79 Å². The average Bonchev–Trinajstić information content (AvgIpc) is 2.39. The predicted octanol–water partition coefficient (Wildman–Crippen LogP) is 3.37. The Hall–Kier alpha value is -1.38. The summed E-state index contributed by atoms with van der Waals surface area (Å²) in [5.74, 6) is 3.04. The molecule has 0 spiro atoms. The van der Waals surface area contributed by atoms with Gasteiger partial charge in [0.2, 0.25) is 0 Å². The zero-order valence-corrected chi connectivity index (χ0v) is 12.1. The van der Waals surface area contributed by atoms with Crippen LogP contribution in [-0.2, 0) is 0 Å². The Kier molecular flexibility index (Phi) is 2.51. The summed E-state index contributed by atoms with van der Waals surface area (Å²) in [7, 11) is 0. The second kappa shape index (κ2) is 4.06. The number of pyridine rings is 1. The first-order valence-corrected chi connectivity index (χ1v) is 7.83. The summed E-state index contributed by atoms with van der Waals surface area (Å²) in [6, 6.07) is 1.93. The van der Waals surface area contributed by atoms with E-state index < -0.39 is 0 Å². The topological polar surface area (TPSA) is 56.0 Å².